The van der Waals surface area contributed by atoms with E-state index in [1.54, 1.807) is 28.7 Å². The molecule has 4 heterocycles. The number of aromatic nitrogens is 6. The lowest BCUT2D eigenvalue weighted by Gasteiger charge is -2.26. The Bertz CT molecular complexity index is 1280. The second-order valence-corrected chi connectivity index (χ2v) is 7.95. The fraction of sp³-hybridized carbons (Fsp3) is 0.429. The number of aliphatic hydroxyl groups is 2. The molecule has 9 nitrogen and oxygen atoms in total. The van der Waals surface area contributed by atoms with E-state index in [2.05, 4.69) is 10.1 Å². The Kier molecular flexibility index (Phi) is 4.63. The fourth-order valence-electron chi connectivity index (χ4n) is 4.42. The Morgan fingerprint density at radius 2 is 1.97 bits per heavy atom. The molecule has 1 saturated carbocycles. The number of pyridine rings is 2. The van der Waals surface area contributed by atoms with Crippen LogP contribution in [0.1, 0.15) is 31.7 Å². The van der Waals surface area contributed by atoms with E-state index >= 15 is 0 Å². The quantitative estimate of drug-likeness (QED) is 0.531. The van der Waals surface area contributed by atoms with Crippen molar-refractivity contribution < 1.29 is 10.2 Å². The molecule has 0 radical (unpaired) electrons. The van der Waals surface area contributed by atoms with Crippen molar-refractivity contribution in [3.8, 4) is 11.3 Å². The topological polar surface area (TPSA) is 111 Å². The molecule has 0 bridgehead atoms. The van der Waals surface area contributed by atoms with Crippen molar-refractivity contribution in [2.75, 3.05) is 6.61 Å². The Morgan fingerprint density at radius 1 is 1.17 bits per heavy atom. The largest absolute Gasteiger partial charge is 0.394 e. The summed E-state index contributed by atoms with van der Waals surface area (Å²) in [6, 6.07) is 3.84. The third kappa shape index (κ3) is 3.01. The van der Waals surface area contributed by atoms with E-state index in [0.717, 1.165) is 40.6 Å². The lowest BCUT2D eigenvalue weighted by molar-refractivity contribution is 0.111. The second kappa shape index (κ2) is 7.33. The minimum absolute atomic E-state index is 0.0171. The van der Waals surface area contributed by atoms with Crippen molar-refractivity contribution in [2.45, 2.75) is 44.4 Å². The molecule has 0 unspecified atom stereocenters. The average molecular weight is 408 g/mol. The highest BCUT2D eigenvalue weighted by atomic mass is 16.3. The average Bonchev–Trinajstić information content (AvgIpc) is 3.32. The molecule has 0 atom stereocenters. The van der Waals surface area contributed by atoms with Gasteiger partial charge < -0.3 is 10.2 Å². The first kappa shape index (κ1) is 19.0. The lowest BCUT2D eigenvalue weighted by Crippen LogP contribution is -2.29. The third-order valence-corrected chi connectivity index (χ3v) is 6.05. The molecule has 0 amide bonds. The number of aryl methyl sites for hydroxylation is 1. The molecule has 1 aliphatic carbocycles. The molecular weight excluding hydrogens is 384 g/mol. The van der Waals surface area contributed by atoms with Crippen LogP contribution in [0.2, 0.25) is 0 Å². The zero-order valence-corrected chi connectivity index (χ0v) is 16.8. The zero-order chi connectivity index (χ0) is 20.8. The van der Waals surface area contributed by atoms with Crippen molar-refractivity contribution in [1.82, 2.24) is 28.9 Å². The predicted octanol–water partition coefficient (Wildman–Crippen LogP) is 1.61. The van der Waals surface area contributed by atoms with Crippen LogP contribution >= 0.6 is 0 Å². The monoisotopic (exact) mass is 408 g/mol. The van der Waals surface area contributed by atoms with Gasteiger partial charge in [0.1, 0.15) is 5.52 Å². The van der Waals surface area contributed by atoms with E-state index in [1.807, 2.05) is 22.9 Å². The molecule has 4 aromatic rings. The highest BCUT2D eigenvalue weighted by molar-refractivity contribution is 6.00. The molecule has 1 fully saturated rings. The number of aliphatic hydroxyl groups excluding tert-OH is 2. The van der Waals surface area contributed by atoms with Gasteiger partial charge in [-0.25, -0.2) is 9.78 Å². The van der Waals surface area contributed by atoms with Gasteiger partial charge in [-0.15, -0.1) is 0 Å². The van der Waals surface area contributed by atoms with E-state index in [0.29, 0.717) is 24.9 Å². The summed E-state index contributed by atoms with van der Waals surface area (Å²) in [5.74, 6) is 0. The summed E-state index contributed by atoms with van der Waals surface area (Å²) in [6.07, 6.45) is 7.92. The predicted molar refractivity (Wildman–Crippen MR) is 112 cm³/mol. The van der Waals surface area contributed by atoms with Crippen LogP contribution in [-0.2, 0) is 13.6 Å². The van der Waals surface area contributed by atoms with Gasteiger partial charge in [0.2, 0.25) is 0 Å². The Hall–Kier alpha value is -3.04. The van der Waals surface area contributed by atoms with Crippen molar-refractivity contribution in [3.63, 3.8) is 0 Å². The summed E-state index contributed by atoms with van der Waals surface area (Å²) < 4.78 is 5.14. The van der Waals surface area contributed by atoms with Crippen LogP contribution in [0.4, 0.5) is 0 Å². The van der Waals surface area contributed by atoms with Gasteiger partial charge in [0, 0.05) is 24.8 Å². The molecule has 0 spiro atoms. The van der Waals surface area contributed by atoms with Gasteiger partial charge in [-0.2, -0.15) is 5.10 Å². The van der Waals surface area contributed by atoms with Crippen LogP contribution in [0.3, 0.4) is 0 Å². The van der Waals surface area contributed by atoms with Crippen LogP contribution in [0, 0.1) is 0 Å². The lowest BCUT2D eigenvalue weighted by atomic mass is 9.93. The molecule has 2 N–H and O–H groups in total. The third-order valence-electron chi connectivity index (χ3n) is 6.05. The number of fused-ring (bicyclic) bond motifs is 3. The van der Waals surface area contributed by atoms with Crippen LogP contribution in [-0.4, -0.2) is 51.8 Å². The molecule has 1 aliphatic rings. The van der Waals surface area contributed by atoms with E-state index in [1.165, 1.54) is 0 Å². The molecule has 30 heavy (non-hydrogen) atoms. The Morgan fingerprint density at radius 3 is 2.73 bits per heavy atom. The van der Waals surface area contributed by atoms with Gasteiger partial charge in [-0.05, 0) is 37.8 Å². The van der Waals surface area contributed by atoms with Crippen LogP contribution in [0.15, 0.2) is 35.5 Å². The van der Waals surface area contributed by atoms with Crippen molar-refractivity contribution in [3.05, 3.63) is 41.2 Å². The summed E-state index contributed by atoms with van der Waals surface area (Å²) in [4.78, 5) is 22.5. The number of imidazole rings is 1. The van der Waals surface area contributed by atoms with Crippen LogP contribution in [0.5, 0.6) is 0 Å². The van der Waals surface area contributed by atoms with E-state index < -0.39 is 0 Å². The summed E-state index contributed by atoms with van der Waals surface area (Å²) in [5, 5.41) is 23.3. The van der Waals surface area contributed by atoms with Crippen molar-refractivity contribution >= 4 is 22.1 Å². The van der Waals surface area contributed by atoms with Crippen LogP contribution in [0.25, 0.3) is 33.3 Å². The van der Waals surface area contributed by atoms with E-state index in [-0.39, 0.29) is 24.4 Å². The summed E-state index contributed by atoms with van der Waals surface area (Å²) in [5.41, 5.74) is 4.45. The van der Waals surface area contributed by atoms with Gasteiger partial charge in [0.25, 0.3) is 0 Å². The maximum absolute atomic E-state index is 13.1. The zero-order valence-electron chi connectivity index (χ0n) is 16.8. The SMILES string of the molecule is Cn1c(=O)n(C2CCC(O)CC2)c2c3nc(-c4cnn(CCO)c4)ccc3ncc21. The summed E-state index contributed by atoms with van der Waals surface area (Å²) in [7, 11) is 1.76. The smallest absolute Gasteiger partial charge is 0.329 e. The molecule has 0 saturated heterocycles. The van der Waals surface area contributed by atoms with Gasteiger partial charge in [0.05, 0.1) is 53.9 Å². The molecule has 4 aromatic heterocycles. The Balaban J connectivity index is 1.71. The van der Waals surface area contributed by atoms with Gasteiger partial charge in [0.15, 0.2) is 0 Å². The molecule has 9 heteroatoms. The van der Waals surface area contributed by atoms with Gasteiger partial charge >= 0.3 is 5.69 Å². The highest BCUT2D eigenvalue weighted by Crippen LogP contribution is 2.32. The maximum Gasteiger partial charge on any atom is 0.329 e. The molecular formula is C21H24N6O3. The first-order chi connectivity index (χ1) is 14.6. The standard InChI is InChI=1S/C21H24N6O3/c1-25-18-11-22-17-7-6-16(13-10-23-26(12-13)8-9-28)24-19(17)20(18)27(21(25)30)14-2-4-15(29)5-3-14/h6-7,10-12,14-15,28-29H,2-5,8-9H2,1H3. The molecule has 0 aliphatic heterocycles. The summed E-state index contributed by atoms with van der Waals surface area (Å²) >= 11 is 0. The molecule has 156 valence electrons. The fourth-order valence-corrected chi connectivity index (χ4v) is 4.42. The normalized spacial score (nSPS) is 19.7. The van der Waals surface area contributed by atoms with Crippen molar-refractivity contribution in [1.29, 1.82) is 0 Å². The number of hydrogen-bond acceptors (Lipinski definition) is 6. The second-order valence-electron chi connectivity index (χ2n) is 7.95. The van der Waals surface area contributed by atoms with E-state index in [4.69, 9.17) is 10.1 Å². The van der Waals surface area contributed by atoms with Crippen molar-refractivity contribution in [2.24, 2.45) is 7.05 Å². The van der Waals surface area contributed by atoms with Crippen LogP contribution < -0.4 is 5.69 Å². The molecule has 0 aromatic carbocycles. The van der Waals surface area contributed by atoms with Gasteiger partial charge in [-0.3, -0.25) is 18.8 Å². The minimum Gasteiger partial charge on any atom is -0.394 e. The Labute approximate surface area is 172 Å². The highest BCUT2D eigenvalue weighted by Gasteiger charge is 2.26. The number of hydrogen-bond donors (Lipinski definition) is 2. The number of nitrogens with zero attached hydrogens (tertiary/aromatic N) is 6. The first-order valence-corrected chi connectivity index (χ1v) is 10.2. The van der Waals surface area contributed by atoms with Gasteiger partial charge in [-0.1, -0.05) is 0 Å². The maximum atomic E-state index is 13.1. The first-order valence-electron chi connectivity index (χ1n) is 10.2. The van der Waals surface area contributed by atoms with E-state index in [9.17, 15) is 9.90 Å². The molecule has 5 rings (SSSR count). The minimum atomic E-state index is -0.287. The summed E-state index contributed by atoms with van der Waals surface area (Å²) in [6.45, 7) is 0.439. The number of rotatable bonds is 4.